The van der Waals surface area contributed by atoms with Gasteiger partial charge in [0.05, 0.1) is 13.2 Å². The molecule has 0 saturated heterocycles. The van der Waals surface area contributed by atoms with E-state index in [2.05, 4.69) is 0 Å². The Balaban J connectivity index is 2.21. The third-order valence-electron chi connectivity index (χ3n) is 4.91. The summed E-state index contributed by atoms with van der Waals surface area (Å²) >= 11 is 0. The summed E-state index contributed by atoms with van der Waals surface area (Å²) in [5.74, 6) is -1.88. The lowest BCUT2D eigenvalue weighted by Crippen LogP contribution is -2.45. The second kappa shape index (κ2) is 11.2. The first-order valence-corrected chi connectivity index (χ1v) is 9.79. The monoisotopic (exact) mass is 412 g/mol. The van der Waals surface area contributed by atoms with Crippen molar-refractivity contribution in [2.45, 2.75) is 6.42 Å². The minimum atomic E-state index is -0.978. The molecule has 2 N–H and O–H groups in total. The summed E-state index contributed by atoms with van der Waals surface area (Å²) < 4.78 is 0. The van der Waals surface area contributed by atoms with E-state index < -0.39 is 17.7 Å². The highest BCUT2D eigenvalue weighted by Crippen LogP contribution is 2.17. The Morgan fingerprint density at radius 3 is 1.70 bits per heavy atom. The molecule has 0 aliphatic carbocycles. The second-order valence-corrected chi connectivity index (χ2v) is 7.12. The highest BCUT2D eigenvalue weighted by molar-refractivity contribution is 6.09. The van der Waals surface area contributed by atoms with Crippen LogP contribution in [0.5, 0.6) is 0 Å². The Morgan fingerprint density at radius 2 is 1.23 bits per heavy atom. The Kier molecular flexibility index (Phi) is 8.70. The molecule has 0 fully saturated rings. The van der Waals surface area contributed by atoms with E-state index in [9.17, 15) is 14.4 Å². The Labute approximate surface area is 176 Å². The first-order chi connectivity index (χ1) is 14.4. The van der Waals surface area contributed by atoms with Crippen LogP contribution in [0.4, 0.5) is 0 Å². The number of likely N-dealkylation sites (N-methyl/N-ethyl adjacent to an activating group) is 2. The van der Waals surface area contributed by atoms with E-state index in [-0.39, 0.29) is 38.5 Å². The number of rotatable bonds is 10. The van der Waals surface area contributed by atoms with Crippen LogP contribution in [0.1, 0.15) is 21.5 Å². The molecule has 0 unspecified atom stereocenters. The van der Waals surface area contributed by atoms with Gasteiger partial charge in [0.1, 0.15) is 5.92 Å². The zero-order valence-electron chi connectivity index (χ0n) is 17.3. The standard InChI is InChI=1S/C23H28N2O5/c1-24(12-14-26)22(29)20(23(30)25(2)13-15-27)16-17-8-10-19(11-9-17)21(28)18-6-4-3-5-7-18/h3-11,20,26-27H,12-16H2,1-2H3. The van der Waals surface area contributed by atoms with E-state index >= 15 is 0 Å². The van der Waals surface area contributed by atoms with E-state index in [0.717, 1.165) is 5.56 Å². The van der Waals surface area contributed by atoms with Crippen molar-refractivity contribution in [3.8, 4) is 0 Å². The number of hydrogen-bond donors (Lipinski definition) is 2. The van der Waals surface area contributed by atoms with E-state index in [4.69, 9.17) is 10.2 Å². The number of aliphatic hydroxyl groups is 2. The third kappa shape index (κ3) is 5.98. The zero-order chi connectivity index (χ0) is 22.1. The first kappa shape index (κ1) is 23.3. The molecule has 2 amide bonds. The van der Waals surface area contributed by atoms with Crippen LogP contribution < -0.4 is 0 Å². The summed E-state index contributed by atoms with van der Waals surface area (Å²) in [6, 6.07) is 15.8. The lowest BCUT2D eigenvalue weighted by atomic mass is 9.94. The van der Waals surface area contributed by atoms with Gasteiger partial charge in [-0.2, -0.15) is 0 Å². The molecule has 0 spiro atoms. The summed E-state index contributed by atoms with van der Waals surface area (Å²) in [6.45, 7) is -0.161. The van der Waals surface area contributed by atoms with Crippen molar-refractivity contribution < 1.29 is 24.6 Å². The Hall–Kier alpha value is -3.03. The van der Waals surface area contributed by atoms with Gasteiger partial charge in [-0.3, -0.25) is 14.4 Å². The smallest absolute Gasteiger partial charge is 0.235 e. The number of benzene rings is 2. The topological polar surface area (TPSA) is 98.2 Å². The Morgan fingerprint density at radius 1 is 0.767 bits per heavy atom. The quantitative estimate of drug-likeness (QED) is 0.448. The van der Waals surface area contributed by atoms with Gasteiger partial charge in [0, 0.05) is 38.3 Å². The van der Waals surface area contributed by atoms with Gasteiger partial charge in [-0.1, -0.05) is 54.6 Å². The average molecular weight is 412 g/mol. The summed E-state index contributed by atoms with van der Waals surface area (Å²) in [5, 5.41) is 18.2. The van der Waals surface area contributed by atoms with Gasteiger partial charge in [-0.15, -0.1) is 0 Å². The number of nitrogens with zero attached hydrogens (tertiary/aromatic N) is 2. The van der Waals surface area contributed by atoms with Crippen LogP contribution in [-0.4, -0.2) is 78.0 Å². The Bertz CT molecular complexity index is 828. The summed E-state index contributed by atoms with van der Waals surface area (Å²) in [4.78, 5) is 40.8. The second-order valence-electron chi connectivity index (χ2n) is 7.12. The fourth-order valence-electron chi connectivity index (χ4n) is 3.12. The molecule has 0 aliphatic heterocycles. The van der Waals surface area contributed by atoms with Gasteiger partial charge in [-0.05, 0) is 12.0 Å². The molecule has 30 heavy (non-hydrogen) atoms. The van der Waals surface area contributed by atoms with Gasteiger partial charge in [-0.25, -0.2) is 0 Å². The predicted octanol–water partition coefficient (Wildman–Crippen LogP) is 0.978. The van der Waals surface area contributed by atoms with Crippen molar-refractivity contribution in [2.24, 2.45) is 5.92 Å². The molecule has 0 bridgehead atoms. The van der Waals surface area contributed by atoms with Crippen molar-refractivity contribution in [2.75, 3.05) is 40.4 Å². The molecule has 0 heterocycles. The molecule has 0 radical (unpaired) electrons. The number of hydrogen-bond acceptors (Lipinski definition) is 5. The van der Waals surface area contributed by atoms with E-state index in [0.29, 0.717) is 11.1 Å². The summed E-state index contributed by atoms with van der Waals surface area (Å²) in [5.41, 5.74) is 1.85. The molecule has 2 rings (SSSR count). The van der Waals surface area contributed by atoms with Crippen LogP contribution in [0.2, 0.25) is 0 Å². The molecule has 7 nitrogen and oxygen atoms in total. The van der Waals surface area contributed by atoms with Crippen LogP contribution >= 0.6 is 0 Å². The van der Waals surface area contributed by atoms with E-state index in [1.807, 2.05) is 6.07 Å². The first-order valence-electron chi connectivity index (χ1n) is 9.79. The molecule has 0 aliphatic rings. The summed E-state index contributed by atoms with van der Waals surface area (Å²) in [7, 11) is 3.07. The molecular weight excluding hydrogens is 384 g/mol. The number of ketones is 1. The maximum absolute atomic E-state index is 12.8. The number of amides is 2. The molecule has 2 aromatic carbocycles. The highest BCUT2D eigenvalue weighted by Gasteiger charge is 2.31. The maximum Gasteiger partial charge on any atom is 0.235 e. The normalized spacial score (nSPS) is 10.7. The van der Waals surface area contributed by atoms with E-state index in [1.165, 1.54) is 23.9 Å². The molecule has 0 aromatic heterocycles. The molecule has 2 aromatic rings. The van der Waals surface area contributed by atoms with E-state index in [1.54, 1.807) is 48.5 Å². The number of aliphatic hydroxyl groups excluding tert-OH is 2. The predicted molar refractivity (Wildman–Crippen MR) is 113 cm³/mol. The van der Waals surface area contributed by atoms with Crippen molar-refractivity contribution in [3.05, 3.63) is 71.3 Å². The lowest BCUT2D eigenvalue weighted by molar-refractivity contribution is -0.146. The average Bonchev–Trinajstić information content (AvgIpc) is 2.77. The lowest BCUT2D eigenvalue weighted by Gasteiger charge is -2.26. The van der Waals surface area contributed by atoms with Gasteiger partial charge in [0.2, 0.25) is 11.8 Å². The molecule has 7 heteroatoms. The number of carbonyl (C=O) groups is 3. The van der Waals surface area contributed by atoms with Gasteiger partial charge < -0.3 is 20.0 Å². The molecule has 0 saturated carbocycles. The fraction of sp³-hybridized carbons (Fsp3) is 0.348. The minimum Gasteiger partial charge on any atom is -0.395 e. The van der Waals surface area contributed by atoms with Crippen molar-refractivity contribution >= 4 is 17.6 Å². The highest BCUT2D eigenvalue weighted by atomic mass is 16.3. The minimum absolute atomic E-state index is 0.101. The van der Waals surface area contributed by atoms with Crippen molar-refractivity contribution in [3.63, 3.8) is 0 Å². The molecular formula is C23H28N2O5. The molecule has 0 atom stereocenters. The van der Waals surface area contributed by atoms with Crippen LogP contribution in [0.3, 0.4) is 0 Å². The SMILES string of the molecule is CN(CCO)C(=O)C(Cc1ccc(C(=O)c2ccccc2)cc1)C(=O)N(C)CCO. The maximum atomic E-state index is 12.8. The van der Waals surface area contributed by atoms with Gasteiger partial charge in [0.15, 0.2) is 5.78 Å². The van der Waals surface area contributed by atoms with Gasteiger partial charge >= 0.3 is 0 Å². The zero-order valence-corrected chi connectivity index (χ0v) is 17.3. The van der Waals surface area contributed by atoms with Crippen molar-refractivity contribution in [1.29, 1.82) is 0 Å². The van der Waals surface area contributed by atoms with Crippen LogP contribution in [0, 0.1) is 5.92 Å². The number of carbonyl (C=O) groups excluding carboxylic acids is 3. The van der Waals surface area contributed by atoms with Crippen molar-refractivity contribution in [1.82, 2.24) is 9.80 Å². The fourth-order valence-corrected chi connectivity index (χ4v) is 3.12. The largest absolute Gasteiger partial charge is 0.395 e. The van der Waals surface area contributed by atoms with Gasteiger partial charge in [0.25, 0.3) is 0 Å². The molecule has 160 valence electrons. The van der Waals surface area contributed by atoms with Crippen LogP contribution in [0.15, 0.2) is 54.6 Å². The summed E-state index contributed by atoms with van der Waals surface area (Å²) in [6.07, 6.45) is 0.156. The van der Waals surface area contributed by atoms with Crippen LogP contribution in [-0.2, 0) is 16.0 Å². The van der Waals surface area contributed by atoms with Crippen LogP contribution in [0.25, 0.3) is 0 Å². The third-order valence-corrected chi connectivity index (χ3v) is 4.91.